The van der Waals surface area contributed by atoms with E-state index in [1.165, 1.54) is 16.3 Å². The molecule has 0 radical (unpaired) electrons. The van der Waals surface area contributed by atoms with E-state index >= 15 is 0 Å². The minimum absolute atomic E-state index is 0.240. The fourth-order valence-electron chi connectivity index (χ4n) is 1.46. The molecule has 0 saturated heterocycles. The van der Waals surface area contributed by atoms with Gasteiger partial charge in [0, 0.05) is 17.1 Å². The van der Waals surface area contributed by atoms with Gasteiger partial charge in [0.1, 0.15) is 6.07 Å². The standard InChI is InChI=1S/C11H11N5OS/c1-2-16-10(17)14-15-11(16)18-8-3-4-9(13)7(5-8)6-12/h3-5H,2,13H2,1H3,(H,14,17). The van der Waals surface area contributed by atoms with E-state index in [4.69, 9.17) is 11.0 Å². The van der Waals surface area contributed by atoms with E-state index in [9.17, 15) is 4.79 Å². The molecule has 0 spiro atoms. The Labute approximate surface area is 107 Å². The van der Waals surface area contributed by atoms with Crippen LogP contribution in [-0.4, -0.2) is 14.8 Å². The molecule has 92 valence electrons. The van der Waals surface area contributed by atoms with Crippen molar-refractivity contribution < 1.29 is 0 Å². The molecule has 2 aromatic rings. The Morgan fingerprint density at radius 1 is 1.61 bits per heavy atom. The summed E-state index contributed by atoms with van der Waals surface area (Å²) in [6.07, 6.45) is 0. The number of nitriles is 1. The zero-order valence-corrected chi connectivity index (χ0v) is 10.5. The number of anilines is 1. The highest BCUT2D eigenvalue weighted by Crippen LogP contribution is 2.27. The number of nitrogens with two attached hydrogens (primary N) is 1. The number of nitrogens with one attached hydrogen (secondary N) is 1. The van der Waals surface area contributed by atoms with Crippen LogP contribution in [0.4, 0.5) is 5.69 Å². The smallest absolute Gasteiger partial charge is 0.343 e. The normalized spacial score (nSPS) is 10.2. The van der Waals surface area contributed by atoms with Crippen molar-refractivity contribution in [2.24, 2.45) is 0 Å². The third-order valence-corrected chi connectivity index (χ3v) is 3.38. The molecule has 6 nitrogen and oxygen atoms in total. The van der Waals surface area contributed by atoms with Crippen molar-refractivity contribution >= 4 is 17.4 Å². The Morgan fingerprint density at radius 2 is 2.39 bits per heavy atom. The first kappa shape index (κ1) is 12.3. The van der Waals surface area contributed by atoms with Crippen molar-refractivity contribution in [2.45, 2.75) is 23.5 Å². The number of rotatable bonds is 3. The Kier molecular flexibility index (Phi) is 3.39. The molecule has 0 amide bonds. The van der Waals surface area contributed by atoms with E-state index in [2.05, 4.69) is 10.2 Å². The highest BCUT2D eigenvalue weighted by atomic mass is 32.2. The maximum absolute atomic E-state index is 11.4. The number of nitrogen functional groups attached to an aromatic ring is 1. The topological polar surface area (TPSA) is 100 Å². The van der Waals surface area contributed by atoms with Crippen molar-refractivity contribution in [1.29, 1.82) is 5.26 Å². The van der Waals surface area contributed by atoms with Gasteiger partial charge in [0.15, 0.2) is 5.16 Å². The summed E-state index contributed by atoms with van der Waals surface area (Å²) in [6.45, 7) is 2.41. The van der Waals surface area contributed by atoms with Gasteiger partial charge in [-0.15, -0.1) is 5.10 Å². The Morgan fingerprint density at radius 3 is 3.06 bits per heavy atom. The molecule has 0 aliphatic carbocycles. The fourth-order valence-corrected chi connectivity index (χ4v) is 2.40. The summed E-state index contributed by atoms with van der Waals surface area (Å²) in [4.78, 5) is 12.2. The van der Waals surface area contributed by atoms with Crippen LogP contribution in [0.2, 0.25) is 0 Å². The maximum Gasteiger partial charge on any atom is 0.343 e. The summed E-state index contributed by atoms with van der Waals surface area (Å²) in [5.41, 5.74) is 6.26. The molecule has 0 unspecified atom stereocenters. The number of aromatic amines is 1. The van der Waals surface area contributed by atoms with E-state index in [1.54, 1.807) is 18.2 Å². The van der Waals surface area contributed by atoms with Gasteiger partial charge in [-0.05, 0) is 36.9 Å². The molecular weight excluding hydrogens is 250 g/mol. The quantitative estimate of drug-likeness (QED) is 0.808. The predicted octanol–water partition coefficient (Wildman–Crippen LogP) is 1.20. The van der Waals surface area contributed by atoms with Crippen LogP contribution in [0.15, 0.2) is 33.0 Å². The van der Waals surface area contributed by atoms with Gasteiger partial charge in [0.05, 0.1) is 5.56 Å². The van der Waals surface area contributed by atoms with Crippen LogP contribution in [-0.2, 0) is 6.54 Å². The first-order chi connectivity index (χ1) is 8.65. The first-order valence-corrected chi connectivity index (χ1v) is 6.10. The van der Waals surface area contributed by atoms with E-state index < -0.39 is 0 Å². The van der Waals surface area contributed by atoms with Crippen LogP contribution in [0.1, 0.15) is 12.5 Å². The van der Waals surface area contributed by atoms with E-state index in [1.807, 2.05) is 13.0 Å². The Bertz CT molecular complexity index is 667. The largest absolute Gasteiger partial charge is 0.398 e. The number of benzene rings is 1. The van der Waals surface area contributed by atoms with Crippen LogP contribution in [0.3, 0.4) is 0 Å². The molecule has 0 saturated carbocycles. The summed E-state index contributed by atoms with van der Waals surface area (Å²) >= 11 is 1.31. The van der Waals surface area contributed by atoms with Crippen LogP contribution in [0, 0.1) is 11.3 Å². The SMILES string of the molecule is CCn1c(Sc2ccc(N)c(C#N)c2)n[nH]c1=O. The van der Waals surface area contributed by atoms with Gasteiger partial charge in [-0.25, -0.2) is 9.89 Å². The predicted molar refractivity (Wildman–Crippen MR) is 68.2 cm³/mol. The van der Waals surface area contributed by atoms with Crippen molar-refractivity contribution in [3.05, 3.63) is 34.2 Å². The van der Waals surface area contributed by atoms with Gasteiger partial charge in [-0.2, -0.15) is 5.26 Å². The molecule has 0 fully saturated rings. The van der Waals surface area contributed by atoms with Gasteiger partial charge in [0.2, 0.25) is 0 Å². The molecular formula is C11H11N5OS. The van der Waals surface area contributed by atoms with E-state index in [0.717, 1.165) is 4.90 Å². The molecule has 1 aromatic carbocycles. The molecule has 3 N–H and O–H groups in total. The summed E-state index contributed by atoms with van der Waals surface area (Å²) < 4.78 is 1.52. The molecule has 0 atom stereocenters. The average Bonchev–Trinajstić information content (AvgIpc) is 2.72. The molecule has 0 aliphatic rings. The van der Waals surface area contributed by atoms with Crippen LogP contribution >= 0.6 is 11.8 Å². The average molecular weight is 261 g/mol. The van der Waals surface area contributed by atoms with E-state index in [0.29, 0.717) is 23.0 Å². The number of hydrogen-bond acceptors (Lipinski definition) is 5. The van der Waals surface area contributed by atoms with Crippen molar-refractivity contribution in [1.82, 2.24) is 14.8 Å². The number of nitrogens with zero attached hydrogens (tertiary/aromatic N) is 3. The van der Waals surface area contributed by atoms with Gasteiger partial charge in [0.25, 0.3) is 0 Å². The lowest BCUT2D eigenvalue weighted by molar-refractivity contribution is 0.660. The highest BCUT2D eigenvalue weighted by Gasteiger charge is 2.09. The van der Waals surface area contributed by atoms with Gasteiger partial charge in [-0.3, -0.25) is 4.57 Å². The first-order valence-electron chi connectivity index (χ1n) is 5.28. The Hall–Kier alpha value is -2.20. The van der Waals surface area contributed by atoms with Crippen molar-refractivity contribution in [2.75, 3.05) is 5.73 Å². The van der Waals surface area contributed by atoms with Crippen LogP contribution < -0.4 is 11.4 Å². The highest BCUT2D eigenvalue weighted by molar-refractivity contribution is 7.99. The lowest BCUT2D eigenvalue weighted by Gasteiger charge is -2.03. The Balaban J connectivity index is 2.35. The molecule has 7 heteroatoms. The molecule has 2 rings (SSSR count). The second-order valence-corrected chi connectivity index (χ2v) is 4.56. The monoisotopic (exact) mass is 261 g/mol. The summed E-state index contributed by atoms with van der Waals surface area (Å²) in [5.74, 6) is 0. The lowest BCUT2D eigenvalue weighted by Crippen LogP contribution is -2.15. The van der Waals surface area contributed by atoms with Gasteiger partial charge in [-0.1, -0.05) is 0 Å². The van der Waals surface area contributed by atoms with Crippen molar-refractivity contribution in [3.63, 3.8) is 0 Å². The third-order valence-electron chi connectivity index (χ3n) is 2.39. The zero-order chi connectivity index (χ0) is 13.1. The zero-order valence-electron chi connectivity index (χ0n) is 9.67. The summed E-state index contributed by atoms with van der Waals surface area (Å²) in [6, 6.07) is 7.16. The second-order valence-electron chi connectivity index (χ2n) is 3.52. The third kappa shape index (κ3) is 2.24. The number of aromatic nitrogens is 3. The molecule has 0 aliphatic heterocycles. The van der Waals surface area contributed by atoms with Crippen LogP contribution in [0.25, 0.3) is 0 Å². The fraction of sp³-hybridized carbons (Fsp3) is 0.182. The summed E-state index contributed by atoms with van der Waals surface area (Å²) in [7, 11) is 0. The van der Waals surface area contributed by atoms with Crippen molar-refractivity contribution in [3.8, 4) is 6.07 Å². The number of H-pyrrole nitrogens is 1. The number of hydrogen-bond donors (Lipinski definition) is 2. The second kappa shape index (κ2) is 4.98. The minimum Gasteiger partial charge on any atom is -0.398 e. The lowest BCUT2D eigenvalue weighted by atomic mass is 10.2. The molecule has 1 aromatic heterocycles. The maximum atomic E-state index is 11.4. The van der Waals surface area contributed by atoms with E-state index in [-0.39, 0.29) is 5.69 Å². The minimum atomic E-state index is -0.240. The molecule has 18 heavy (non-hydrogen) atoms. The molecule has 1 heterocycles. The summed E-state index contributed by atoms with van der Waals surface area (Å²) in [5, 5.41) is 15.8. The van der Waals surface area contributed by atoms with Gasteiger partial charge >= 0.3 is 5.69 Å². The molecule has 0 bridgehead atoms. The van der Waals surface area contributed by atoms with Gasteiger partial charge < -0.3 is 5.73 Å². The van der Waals surface area contributed by atoms with Crippen LogP contribution in [0.5, 0.6) is 0 Å².